The number of ether oxygens (including phenoxy) is 2. The number of benzene rings is 3. The second-order valence-electron chi connectivity index (χ2n) is 7.29. The van der Waals surface area contributed by atoms with Crippen molar-refractivity contribution in [3.8, 4) is 17.6 Å². The number of carbonyl (C=O) groups excluding carboxylic acids is 2. The van der Waals surface area contributed by atoms with Gasteiger partial charge in [-0.2, -0.15) is 5.26 Å². The summed E-state index contributed by atoms with van der Waals surface area (Å²) in [5.74, 6) is -0.944. The van der Waals surface area contributed by atoms with Gasteiger partial charge in [0, 0.05) is 6.07 Å². The Morgan fingerprint density at radius 3 is 2.46 bits per heavy atom. The number of esters is 1. The maximum atomic E-state index is 12.6. The molecule has 0 radical (unpaired) electrons. The van der Waals surface area contributed by atoms with Crippen molar-refractivity contribution in [1.82, 2.24) is 0 Å². The molecule has 0 aliphatic heterocycles. The van der Waals surface area contributed by atoms with E-state index in [1.807, 2.05) is 6.92 Å². The first-order chi connectivity index (χ1) is 16.8. The molecule has 35 heavy (non-hydrogen) atoms. The van der Waals surface area contributed by atoms with E-state index in [0.717, 1.165) is 5.56 Å². The number of aryl methyl sites for hydroxylation is 1. The molecule has 0 bridgehead atoms. The van der Waals surface area contributed by atoms with Crippen LogP contribution in [0.15, 0.2) is 72.3 Å². The molecule has 0 aliphatic carbocycles. The first kappa shape index (κ1) is 24.7. The number of nitrogens with zero attached hydrogens (tertiary/aromatic N) is 2. The Morgan fingerprint density at radius 2 is 1.80 bits per heavy atom. The second-order valence-corrected chi connectivity index (χ2v) is 7.29. The van der Waals surface area contributed by atoms with Gasteiger partial charge in [0.1, 0.15) is 17.3 Å². The zero-order valence-corrected chi connectivity index (χ0v) is 19.0. The van der Waals surface area contributed by atoms with Crippen molar-refractivity contribution in [2.75, 3.05) is 11.9 Å². The molecule has 1 N–H and O–H groups in total. The monoisotopic (exact) mass is 471 g/mol. The number of rotatable bonds is 8. The fraction of sp³-hybridized carbons (Fsp3) is 0.115. The van der Waals surface area contributed by atoms with Crippen LogP contribution in [-0.2, 0) is 4.79 Å². The molecule has 9 nitrogen and oxygen atoms in total. The largest absolute Gasteiger partial charge is 0.490 e. The number of hydrogen-bond donors (Lipinski definition) is 1. The van der Waals surface area contributed by atoms with E-state index in [1.54, 1.807) is 43.3 Å². The quantitative estimate of drug-likeness (QED) is 0.121. The number of amides is 1. The lowest BCUT2D eigenvalue weighted by atomic mass is 10.1. The number of carbonyl (C=O) groups is 2. The van der Waals surface area contributed by atoms with Crippen molar-refractivity contribution in [1.29, 1.82) is 5.26 Å². The normalized spacial score (nSPS) is 10.7. The zero-order valence-electron chi connectivity index (χ0n) is 19.0. The molecule has 9 heteroatoms. The highest BCUT2D eigenvalue weighted by Crippen LogP contribution is 2.30. The molecule has 0 aliphatic rings. The van der Waals surface area contributed by atoms with Crippen molar-refractivity contribution in [2.45, 2.75) is 13.8 Å². The maximum Gasteiger partial charge on any atom is 0.343 e. The number of hydrogen-bond acceptors (Lipinski definition) is 7. The molecule has 3 aromatic carbocycles. The van der Waals surface area contributed by atoms with Crippen molar-refractivity contribution in [3.63, 3.8) is 0 Å². The molecule has 1 amide bonds. The highest BCUT2D eigenvalue weighted by atomic mass is 16.6. The van der Waals surface area contributed by atoms with Gasteiger partial charge in [-0.1, -0.05) is 35.9 Å². The van der Waals surface area contributed by atoms with E-state index in [4.69, 9.17) is 9.47 Å². The lowest BCUT2D eigenvalue weighted by Gasteiger charge is -2.12. The minimum atomic E-state index is -0.811. The van der Waals surface area contributed by atoms with Gasteiger partial charge in [-0.3, -0.25) is 14.9 Å². The van der Waals surface area contributed by atoms with Crippen LogP contribution in [0.3, 0.4) is 0 Å². The lowest BCUT2D eigenvalue weighted by molar-refractivity contribution is -0.383. The molecule has 0 spiro atoms. The van der Waals surface area contributed by atoms with Crippen LogP contribution in [0.25, 0.3) is 6.08 Å². The predicted octanol–water partition coefficient (Wildman–Crippen LogP) is 5.07. The molecule has 0 atom stereocenters. The molecular weight excluding hydrogens is 450 g/mol. The average molecular weight is 471 g/mol. The standard InChI is InChI=1S/C26H21N3O6/c1-3-34-24-15-18(10-13-23(24)35-26(31)19-11-8-17(2)9-12-19)14-20(16-27)25(30)28-21-6-4-5-7-22(21)29(32)33/h4-15H,3H2,1-2H3,(H,28,30)/b20-14+. The van der Waals surface area contributed by atoms with E-state index in [1.165, 1.54) is 42.5 Å². The summed E-state index contributed by atoms with van der Waals surface area (Å²) in [6.07, 6.45) is 1.30. The van der Waals surface area contributed by atoms with E-state index >= 15 is 0 Å². The molecule has 0 unspecified atom stereocenters. The van der Waals surface area contributed by atoms with E-state index in [0.29, 0.717) is 11.1 Å². The van der Waals surface area contributed by atoms with Crippen molar-refractivity contribution in [3.05, 3.63) is 99.1 Å². The summed E-state index contributed by atoms with van der Waals surface area (Å²) in [7, 11) is 0. The van der Waals surface area contributed by atoms with Gasteiger partial charge in [-0.15, -0.1) is 0 Å². The Hall–Kier alpha value is -4.97. The zero-order chi connectivity index (χ0) is 25.4. The number of nitro benzene ring substituents is 1. The summed E-state index contributed by atoms with van der Waals surface area (Å²) in [6.45, 7) is 3.95. The van der Waals surface area contributed by atoms with Crippen molar-refractivity contribution in [2.24, 2.45) is 0 Å². The van der Waals surface area contributed by atoms with Gasteiger partial charge in [-0.25, -0.2) is 4.79 Å². The molecule has 0 fully saturated rings. The molecular formula is C26H21N3O6. The summed E-state index contributed by atoms with van der Waals surface area (Å²) < 4.78 is 11.1. The highest BCUT2D eigenvalue weighted by molar-refractivity contribution is 6.10. The highest BCUT2D eigenvalue weighted by Gasteiger charge is 2.18. The summed E-state index contributed by atoms with van der Waals surface area (Å²) >= 11 is 0. The Bertz CT molecular complexity index is 1340. The second kappa shape index (κ2) is 11.2. The fourth-order valence-corrected chi connectivity index (χ4v) is 3.06. The van der Waals surface area contributed by atoms with Crippen LogP contribution in [0.5, 0.6) is 11.5 Å². The summed E-state index contributed by atoms with van der Waals surface area (Å²) in [5, 5.41) is 23.1. The third-order valence-corrected chi connectivity index (χ3v) is 4.78. The number of anilines is 1. The van der Waals surface area contributed by atoms with E-state index in [-0.39, 0.29) is 35.1 Å². The fourth-order valence-electron chi connectivity index (χ4n) is 3.06. The third-order valence-electron chi connectivity index (χ3n) is 4.78. The van der Waals surface area contributed by atoms with Crippen LogP contribution in [0.1, 0.15) is 28.4 Å². The number of para-hydroxylation sites is 2. The van der Waals surface area contributed by atoms with Crippen LogP contribution in [0, 0.1) is 28.4 Å². The van der Waals surface area contributed by atoms with Gasteiger partial charge < -0.3 is 14.8 Å². The predicted molar refractivity (Wildman–Crippen MR) is 129 cm³/mol. The SMILES string of the molecule is CCOc1cc(/C=C(\C#N)C(=O)Nc2ccccc2[N+](=O)[O-])ccc1OC(=O)c1ccc(C)cc1. The molecule has 0 saturated heterocycles. The molecule has 3 aromatic rings. The minimum Gasteiger partial charge on any atom is -0.490 e. The smallest absolute Gasteiger partial charge is 0.343 e. The number of nitro groups is 1. The van der Waals surface area contributed by atoms with Gasteiger partial charge in [0.2, 0.25) is 0 Å². The molecule has 3 rings (SSSR count). The summed E-state index contributed by atoms with van der Waals surface area (Å²) in [4.78, 5) is 35.6. The molecule has 0 saturated carbocycles. The van der Waals surface area contributed by atoms with Gasteiger partial charge in [0.05, 0.1) is 17.1 Å². The molecule has 0 aromatic heterocycles. The third kappa shape index (κ3) is 6.30. The number of nitriles is 1. The van der Waals surface area contributed by atoms with E-state index < -0.39 is 16.8 Å². The Kier molecular flexibility index (Phi) is 7.93. The average Bonchev–Trinajstić information content (AvgIpc) is 2.84. The minimum absolute atomic E-state index is 0.0305. The van der Waals surface area contributed by atoms with Gasteiger partial charge in [0.15, 0.2) is 11.5 Å². The van der Waals surface area contributed by atoms with Gasteiger partial charge >= 0.3 is 5.97 Å². The number of nitrogens with one attached hydrogen (secondary N) is 1. The van der Waals surface area contributed by atoms with Crippen molar-refractivity contribution >= 4 is 29.3 Å². The Morgan fingerprint density at radius 1 is 1.09 bits per heavy atom. The van der Waals surface area contributed by atoms with Crippen LogP contribution in [0.2, 0.25) is 0 Å². The van der Waals surface area contributed by atoms with Crippen LogP contribution >= 0.6 is 0 Å². The van der Waals surface area contributed by atoms with Crippen molar-refractivity contribution < 1.29 is 24.0 Å². The van der Waals surface area contributed by atoms with E-state index in [9.17, 15) is 25.0 Å². The van der Waals surface area contributed by atoms with E-state index in [2.05, 4.69) is 5.32 Å². The maximum absolute atomic E-state index is 12.6. The Labute approximate surface area is 201 Å². The van der Waals surface area contributed by atoms with Gasteiger partial charge in [-0.05, 0) is 55.8 Å². The summed E-state index contributed by atoms with van der Waals surface area (Å²) in [6, 6.07) is 18.9. The Balaban J connectivity index is 1.84. The molecule has 176 valence electrons. The first-order valence-electron chi connectivity index (χ1n) is 10.5. The van der Waals surface area contributed by atoms with Crippen LogP contribution in [-0.4, -0.2) is 23.4 Å². The van der Waals surface area contributed by atoms with Crippen LogP contribution in [0.4, 0.5) is 11.4 Å². The topological polar surface area (TPSA) is 132 Å². The molecule has 0 heterocycles. The first-order valence-corrected chi connectivity index (χ1v) is 10.5. The van der Waals surface area contributed by atoms with Gasteiger partial charge in [0.25, 0.3) is 11.6 Å². The van der Waals surface area contributed by atoms with Crippen LogP contribution < -0.4 is 14.8 Å². The summed E-state index contributed by atoms with van der Waals surface area (Å²) in [5.41, 5.74) is 1.20. The lowest BCUT2D eigenvalue weighted by Crippen LogP contribution is -2.14.